The average Bonchev–Trinajstić information content (AvgIpc) is 2.29. The summed E-state index contributed by atoms with van der Waals surface area (Å²) in [6, 6.07) is 0. The lowest BCUT2D eigenvalue weighted by atomic mass is 9.81. The second-order valence-corrected chi connectivity index (χ2v) is 4.70. The van der Waals surface area contributed by atoms with E-state index in [4.69, 9.17) is 4.74 Å². The van der Waals surface area contributed by atoms with E-state index in [1.807, 2.05) is 13.8 Å². The number of hydrogen-bond acceptors (Lipinski definition) is 2. The third-order valence-corrected chi connectivity index (χ3v) is 3.00. The largest absolute Gasteiger partial charge is 0.463 e. The number of hydrogen-bond donors (Lipinski definition) is 0. The van der Waals surface area contributed by atoms with E-state index in [1.165, 1.54) is 5.57 Å². The molecule has 0 fully saturated rings. The van der Waals surface area contributed by atoms with Gasteiger partial charge in [-0.05, 0) is 39.0 Å². The quantitative estimate of drug-likeness (QED) is 0.512. The zero-order chi connectivity index (χ0) is 10.8. The van der Waals surface area contributed by atoms with Crippen molar-refractivity contribution in [1.82, 2.24) is 0 Å². The minimum Gasteiger partial charge on any atom is -0.463 e. The third-order valence-electron chi connectivity index (χ3n) is 3.00. The van der Waals surface area contributed by atoms with Gasteiger partial charge in [0.1, 0.15) is 0 Å². The van der Waals surface area contributed by atoms with E-state index in [9.17, 15) is 4.79 Å². The summed E-state index contributed by atoms with van der Waals surface area (Å²) in [4.78, 5) is 11.5. The molecule has 1 atom stereocenters. The Balaban J connectivity index is 2.51. The van der Waals surface area contributed by atoms with Crippen LogP contribution in [0.1, 0.15) is 47.0 Å². The lowest BCUT2D eigenvalue weighted by Crippen LogP contribution is -2.22. The Kier molecular flexibility index (Phi) is 3.35. The second-order valence-electron chi connectivity index (χ2n) is 4.70. The SMILES string of the molecule is CC1=CCCC1(C)CC(=O)OC(C)C. The molecule has 0 saturated carbocycles. The van der Waals surface area contributed by atoms with Gasteiger partial charge in [0.2, 0.25) is 0 Å². The van der Waals surface area contributed by atoms with Crippen molar-refractivity contribution in [2.45, 2.75) is 53.1 Å². The number of ether oxygens (including phenoxy) is 1. The van der Waals surface area contributed by atoms with Crippen molar-refractivity contribution in [3.8, 4) is 0 Å². The van der Waals surface area contributed by atoms with Crippen molar-refractivity contribution in [2.24, 2.45) is 5.41 Å². The Morgan fingerprint density at radius 2 is 2.29 bits per heavy atom. The highest BCUT2D eigenvalue weighted by Gasteiger charge is 2.32. The first-order valence-corrected chi connectivity index (χ1v) is 5.31. The van der Waals surface area contributed by atoms with Gasteiger partial charge in [-0.3, -0.25) is 4.79 Å². The molecule has 0 radical (unpaired) electrons. The lowest BCUT2D eigenvalue weighted by Gasteiger charge is -2.25. The topological polar surface area (TPSA) is 26.3 Å². The van der Waals surface area contributed by atoms with Gasteiger partial charge < -0.3 is 4.74 Å². The van der Waals surface area contributed by atoms with E-state index in [0.29, 0.717) is 6.42 Å². The maximum Gasteiger partial charge on any atom is 0.306 e. The summed E-state index contributed by atoms with van der Waals surface area (Å²) < 4.78 is 5.16. The molecule has 0 aliphatic heterocycles. The van der Waals surface area contributed by atoms with Crippen LogP contribution in [-0.2, 0) is 9.53 Å². The molecular weight excluding hydrogens is 176 g/mol. The molecule has 80 valence electrons. The molecule has 0 spiro atoms. The first-order chi connectivity index (χ1) is 6.44. The van der Waals surface area contributed by atoms with Crippen LogP contribution in [-0.4, -0.2) is 12.1 Å². The fourth-order valence-electron chi connectivity index (χ4n) is 1.90. The summed E-state index contributed by atoms with van der Waals surface area (Å²) in [5.41, 5.74) is 1.38. The van der Waals surface area contributed by atoms with E-state index in [-0.39, 0.29) is 17.5 Å². The molecule has 0 bridgehead atoms. The highest BCUT2D eigenvalue weighted by atomic mass is 16.5. The standard InChI is InChI=1S/C12H20O2/c1-9(2)14-11(13)8-12(4)7-5-6-10(12)3/h6,9H,5,7-8H2,1-4H3. The Hall–Kier alpha value is -0.790. The van der Waals surface area contributed by atoms with E-state index in [2.05, 4.69) is 19.9 Å². The zero-order valence-electron chi connectivity index (χ0n) is 9.59. The Bertz CT molecular complexity index is 253. The molecule has 0 aromatic carbocycles. The van der Waals surface area contributed by atoms with Gasteiger partial charge in [-0.1, -0.05) is 18.6 Å². The maximum atomic E-state index is 11.5. The van der Waals surface area contributed by atoms with Gasteiger partial charge in [-0.25, -0.2) is 0 Å². The summed E-state index contributed by atoms with van der Waals surface area (Å²) in [5.74, 6) is -0.0721. The number of allylic oxidation sites excluding steroid dienone is 2. The first-order valence-electron chi connectivity index (χ1n) is 5.31. The summed E-state index contributed by atoms with van der Waals surface area (Å²) >= 11 is 0. The molecule has 0 N–H and O–H groups in total. The van der Waals surface area contributed by atoms with E-state index in [0.717, 1.165) is 12.8 Å². The molecule has 0 aromatic heterocycles. The monoisotopic (exact) mass is 196 g/mol. The molecule has 2 nitrogen and oxygen atoms in total. The van der Waals surface area contributed by atoms with Crippen LogP contribution in [0.4, 0.5) is 0 Å². The average molecular weight is 196 g/mol. The summed E-state index contributed by atoms with van der Waals surface area (Å²) in [6.07, 6.45) is 4.91. The van der Waals surface area contributed by atoms with Crippen molar-refractivity contribution < 1.29 is 9.53 Å². The molecular formula is C12H20O2. The minimum absolute atomic E-state index is 0.00297. The summed E-state index contributed by atoms with van der Waals surface area (Å²) in [6.45, 7) is 8.03. The Labute approximate surface area is 86.3 Å². The van der Waals surface area contributed by atoms with E-state index >= 15 is 0 Å². The smallest absolute Gasteiger partial charge is 0.306 e. The lowest BCUT2D eigenvalue weighted by molar-refractivity contribution is -0.149. The molecule has 1 aliphatic carbocycles. The van der Waals surface area contributed by atoms with Crippen molar-refractivity contribution in [3.05, 3.63) is 11.6 Å². The van der Waals surface area contributed by atoms with Gasteiger partial charge in [0.05, 0.1) is 12.5 Å². The van der Waals surface area contributed by atoms with Gasteiger partial charge in [0.15, 0.2) is 0 Å². The molecule has 0 aromatic rings. The number of carbonyl (C=O) groups is 1. The Morgan fingerprint density at radius 3 is 2.71 bits per heavy atom. The van der Waals surface area contributed by atoms with Crippen LogP contribution in [0.5, 0.6) is 0 Å². The molecule has 0 heterocycles. The van der Waals surface area contributed by atoms with Gasteiger partial charge in [-0.2, -0.15) is 0 Å². The fourth-order valence-corrected chi connectivity index (χ4v) is 1.90. The van der Waals surface area contributed by atoms with Crippen LogP contribution >= 0.6 is 0 Å². The van der Waals surface area contributed by atoms with Gasteiger partial charge in [0, 0.05) is 0 Å². The molecule has 1 unspecified atom stereocenters. The maximum absolute atomic E-state index is 11.5. The highest BCUT2D eigenvalue weighted by Crippen LogP contribution is 2.41. The predicted octanol–water partition coefficient (Wildman–Crippen LogP) is 3.07. The normalized spacial score (nSPS) is 26.5. The minimum atomic E-state index is -0.0721. The van der Waals surface area contributed by atoms with Gasteiger partial charge in [0.25, 0.3) is 0 Å². The van der Waals surface area contributed by atoms with Crippen molar-refractivity contribution in [2.75, 3.05) is 0 Å². The highest BCUT2D eigenvalue weighted by molar-refractivity contribution is 5.71. The van der Waals surface area contributed by atoms with Crippen molar-refractivity contribution >= 4 is 5.97 Å². The molecule has 0 saturated heterocycles. The number of esters is 1. The van der Waals surface area contributed by atoms with Gasteiger partial charge in [-0.15, -0.1) is 0 Å². The van der Waals surface area contributed by atoms with Crippen LogP contribution in [0.15, 0.2) is 11.6 Å². The van der Waals surface area contributed by atoms with E-state index in [1.54, 1.807) is 0 Å². The number of carbonyl (C=O) groups excluding carboxylic acids is 1. The third kappa shape index (κ3) is 2.60. The van der Waals surface area contributed by atoms with E-state index < -0.39 is 0 Å². The Morgan fingerprint density at radius 1 is 1.64 bits per heavy atom. The first kappa shape index (κ1) is 11.3. The van der Waals surface area contributed by atoms with Gasteiger partial charge >= 0.3 is 5.97 Å². The molecule has 14 heavy (non-hydrogen) atoms. The second kappa shape index (κ2) is 4.16. The molecule has 2 heteroatoms. The van der Waals surface area contributed by atoms with Crippen molar-refractivity contribution in [1.29, 1.82) is 0 Å². The fraction of sp³-hybridized carbons (Fsp3) is 0.750. The van der Waals surface area contributed by atoms with Crippen LogP contribution in [0.25, 0.3) is 0 Å². The summed E-state index contributed by atoms with van der Waals surface area (Å²) in [7, 11) is 0. The molecule has 0 amide bonds. The van der Waals surface area contributed by atoms with Crippen LogP contribution in [0, 0.1) is 5.41 Å². The number of rotatable bonds is 3. The van der Waals surface area contributed by atoms with Crippen LogP contribution < -0.4 is 0 Å². The predicted molar refractivity (Wildman–Crippen MR) is 56.9 cm³/mol. The zero-order valence-corrected chi connectivity index (χ0v) is 9.59. The van der Waals surface area contributed by atoms with Crippen LogP contribution in [0.2, 0.25) is 0 Å². The molecule has 1 rings (SSSR count). The van der Waals surface area contributed by atoms with Crippen LogP contribution in [0.3, 0.4) is 0 Å². The van der Waals surface area contributed by atoms with Crippen molar-refractivity contribution in [3.63, 3.8) is 0 Å². The molecule has 1 aliphatic rings. The summed E-state index contributed by atoms with van der Waals surface area (Å²) in [5, 5.41) is 0.